The molecule has 1 rings (SSSR count). The minimum absolute atomic E-state index is 0.170. The molecule has 3 atom stereocenters. The zero-order chi connectivity index (χ0) is 13.1. The molecule has 3 unspecified atom stereocenters. The minimum atomic E-state index is -0.349. The lowest BCUT2D eigenvalue weighted by Crippen LogP contribution is -2.44. The van der Waals surface area contributed by atoms with E-state index in [2.05, 4.69) is 33.0 Å². The molecule has 3 nitrogen and oxygen atoms in total. The van der Waals surface area contributed by atoms with Gasteiger partial charge in [-0.3, -0.25) is 10.1 Å². The smallest absolute Gasteiger partial charge is 0.244 e. The third-order valence-electron chi connectivity index (χ3n) is 4.06. The first-order valence-corrected chi connectivity index (χ1v) is 7.06. The number of hydrogen-bond acceptors (Lipinski definition) is 2. The summed E-state index contributed by atoms with van der Waals surface area (Å²) >= 11 is 0. The molecule has 1 fully saturated rings. The number of carbonyl (C=O) groups is 1. The Bertz CT molecular complexity index is 267. The van der Waals surface area contributed by atoms with Gasteiger partial charge in [-0.05, 0) is 33.6 Å². The van der Waals surface area contributed by atoms with E-state index in [0.717, 1.165) is 12.8 Å². The molecular formula is C14H28N2O. The van der Waals surface area contributed by atoms with Crippen molar-refractivity contribution in [1.29, 1.82) is 0 Å². The van der Waals surface area contributed by atoms with Gasteiger partial charge in [-0.25, -0.2) is 0 Å². The van der Waals surface area contributed by atoms with Crippen LogP contribution in [-0.2, 0) is 4.79 Å². The minimum Gasteiger partial charge on any atom is -0.323 e. The predicted octanol–water partition coefficient (Wildman–Crippen LogP) is 2.90. The molecule has 0 aliphatic carbocycles. The highest BCUT2D eigenvalue weighted by molar-refractivity contribution is 5.88. The second-order valence-electron chi connectivity index (χ2n) is 5.56. The summed E-state index contributed by atoms with van der Waals surface area (Å²) < 4.78 is 0. The van der Waals surface area contributed by atoms with Crippen LogP contribution in [0, 0.1) is 0 Å². The van der Waals surface area contributed by atoms with Gasteiger partial charge in [0.15, 0.2) is 0 Å². The standard InChI is InChI=1S/C14H28N2O/c1-6-8-9-10-11(3)16-12(4)15-14(5,7-2)13(16)17/h11-12,15H,6-10H2,1-5H3. The van der Waals surface area contributed by atoms with Crippen molar-refractivity contribution in [2.75, 3.05) is 0 Å². The molecule has 17 heavy (non-hydrogen) atoms. The molecule has 0 saturated carbocycles. The highest BCUT2D eigenvalue weighted by Crippen LogP contribution is 2.26. The lowest BCUT2D eigenvalue weighted by atomic mass is 9.98. The van der Waals surface area contributed by atoms with Gasteiger partial charge >= 0.3 is 0 Å². The van der Waals surface area contributed by atoms with Gasteiger partial charge in [0, 0.05) is 6.04 Å². The molecule has 1 saturated heterocycles. The maximum atomic E-state index is 12.4. The van der Waals surface area contributed by atoms with Crippen LogP contribution in [0.15, 0.2) is 0 Å². The van der Waals surface area contributed by atoms with Gasteiger partial charge in [0.2, 0.25) is 5.91 Å². The summed E-state index contributed by atoms with van der Waals surface area (Å²) in [5.74, 6) is 0.275. The van der Waals surface area contributed by atoms with E-state index in [1.165, 1.54) is 19.3 Å². The number of amides is 1. The molecule has 0 aromatic rings. The van der Waals surface area contributed by atoms with Crippen LogP contribution in [0.4, 0.5) is 0 Å². The fourth-order valence-electron chi connectivity index (χ4n) is 2.72. The van der Waals surface area contributed by atoms with Crippen LogP contribution in [0.1, 0.15) is 66.7 Å². The van der Waals surface area contributed by atoms with Crippen LogP contribution in [0.25, 0.3) is 0 Å². The van der Waals surface area contributed by atoms with Crippen molar-refractivity contribution in [2.24, 2.45) is 0 Å². The van der Waals surface area contributed by atoms with E-state index in [9.17, 15) is 4.79 Å². The Kier molecular flexibility index (Phi) is 4.99. The fourth-order valence-corrected chi connectivity index (χ4v) is 2.72. The molecule has 100 valence electrons. The number of rotatable bonds is 6. The van der Waals surface area contributed by atoms with Crippen molar-refractivity contribution in [3.63, 3.8) is 0 Å². The van der Waals surface area contributed by atoms with Gasteiger partial charge in [0.05, 0.1) is 11.7 Å². The third kappa shape index (κ3) is 3.01. The summed E-state index contributed by atoms with van der Waals surface area (Å²) in [6.45, 7) is 10.6. The first-order valence-electron chi connectivity index (χ1n) is 7.06. The fraction of sp³-hybridized carbons (Fsp3) is 0.929. The molecule has 1 heterocycles. The molecule has 0 radical (unpaired) electrons. The van der Waals surface area contributed by atoms with Gasteiger partial charge in [0.25, 0.3) is 0 Å². The van der Waals surface area contributed by atoms with Gasteiger partial charge in [-0.15, -0.1) is 0 Å². The summed E-state index contributed by atoms with van der Waals surface area (Å²) in [6, 6.07) is 0.352. The number of carbonyl (C=O) groups excluding carboxylic acids is 1. The maximum Gasteiger partial charge on any atom is 0.244 e. The van der Waals surface area contributed by atoms with Crippen LogP contribution in [0.2, 0.25) is 0 Å². The molecule has 0 bridgehead atoms. The average molecular weight is 240 g/mol. The first kappa shape index (κ1) is 14.5. The molecule has 1 aliphatic heterocycles. The van der Waals surface area contributed by atoms with E-state index in [-0.39, 0.29) is 17.6 Å². The Balaban J connectivity index is 2.61. The van der Waals surface area contributed by atoms with E-state index in [1.807, 2.05) is 11.8 Å². The largest absolute Gasteiger partial charge is 0.323 e. The maximum absolute atomic E-state index is 12.4. The van der Waals surface area contributed by atoms with Crippen molar-refractivity contribution in [3.05, 3.63) is 0 Å². The second-order valence-corrected chi connectivity index (χ2v) is 5.56. The Labute approximate surface area is 106 Å². The van der Waals surface area contributed by atoms with E-state index < -0.39 is 0 Å². The van der Waals surface area contributed by atoms with Crippen LogP contribution >= 0.6 is 0 Å². The summed E-state index contributed by atoms with van der Waals surface area (Å²) in [5.41, 5.74) is -0.349. The van der Waals surface area contributed by atoms with Crippen LogP contribution in [0.3, 0.4) is 0 Å². The van der Waals surface area contributed by atoms with Gasteiger partial charge < -0.3 is 4.90 Å². The highest BCUT2D eigenvalue weighted by atomic mass is 16.2. The second kappa shape index (κ2) is 5.85. The summed E-state index contributed by atoms with van der Waals surface area (Å²) in [4.78, 5) is 14.4. The molecule has 1 N–H and O–H groups in total. The predicted molar refractivity (Wildman–Crippen MR) is 71.7 cm³/mol. The highest BCUT2D eigenvalue weighted by Gasteiger charge is 2.46. The zero-order valence-corrected chi connectivity index (χ0v) is 12.0. The van der Waals surface area contributed by atoms with E-state index in [0.29, 0.717) is 6.04 Å². The van der Waals surface area contributed by atoms with E-state index in [4.69, 9.17) is 0 Å². The molecule has 0 aromatic carbocycles. The monoisotopic (exact) mass is 240 g/mol. The Morgan fingerprint density at radius 1 is 1.41 bits per heavy atom. The summed E-state index contributed by atoms with van der Waals surface area (Å²) in [7, 11) is 0. The number of hydrogen-bond donors (Lipinski definition) is 1. The quantitative estimate of drug-likeness (QED) is 0.724. The Hall–Kier alpha value is -0.570. The Morgan fingerprint density at radius 2 is 2.06 bits per heavy atom. The molecule has 3 heteroatoms. The number of nitrogens with one attached hydrogen (secondary N) is 1. The molecular weight excluding hydrogens is 212 g/mol. The van der Waals surface area contributed by atoms with E-state index >= 15 is 0 Å². The average Bonchev–Trinajstić information content (AvgIpc) is 2.51. The molecule has 0 aromatic heterocycles. The molecule has 1 amide bonds. The van der Waals surface area contributed by atoms with Gasteiger partial charge in [0.1, 0.15) is 0 Å². The lowest BCUT2D eigenvalue weighted by Gasteiger charge is -2.28. The summed E-state index contributed by atoms with van der Waals surface area (Å²) in [5, 5.41) is 3.43. The van der Waals surface area contributed by atoms with Crippen molar-refractivity contribution in [1.82, 2.24) is 10.2 Å². The number of nitrogens with zero attached hydrogens (tertiary/aromatic N) is 1. The summed E-state index contributed by atoms with van der Waals surface area (Å²) in [6.07, 6.45) is 5.86. The van der Waals surface area contributed by atoms with E-state index in [1.54, 1.807) is 0 Å². The van der Waals surface area contributed by atoms with Crippen molar-refractivity contribution in [3.8, 4) is 0 Å². The molecule has 1 aliphatic rings. The number of unbranched alkanes of at least 4 members (excludes halogenated alkanes) is 2. The van der Waals surface area contributed by atoms with Crippen LogP contribution in [0.5, 0.6) is 0 Å². The van der Waals surface area contributed by atoms with Crippen LogP contribution in [-0.4, -0.2) is 28.6 Å². The van der Waals surface area contributed by atoms with Crippen LogP contribution < -0.4 is 5.32 Å². The topological polar surface area (TPSA) is 32.3 Å². The third-order valence-corrected chi connectivity index (χ3v) is 4.06. The van der Waals surface area contributed by atoms with Gasteiger partial charge in [-0.1, -0.05) is 33.1 Å². The van der Waals surface area contributed by atoms with Gasteiger partial charge in [-0.2, -0.15) is 0 Å². The Morgan fingerprint density at radius 3 is 2.53 bits per heavy atom. The van der Waals surface area contributed by atoms with Crippen molar-refractivity contribution in [2.45, 2.75) is 84.5 Å². The van der Waals surface area contributed by atoms with Crippen molar-refractivity contribution < 1.29 is 4.79 Å². The zero-order valence-electron chi connectivity index (χ0n) is 12.0. The molecule has 0 spiro atoms. The first-order chi connectivity index (χ1) is 7.96. The SMILES string of the molecule is CCCCCC(C)N1C(=O)C(C)(CC)NC1C. The lowest BCUT2D eigenvalue weighted by molar-refractivity contribution is -0.134. The van der Waals surface area contributed by atoms with Crippen molar-refractivity contribution >= 4 is 5.91 Å². The normalized spacial score (nSPS) is 31.0.